The van der Waals surface area contributed by atoms with E-state index in [1.165, 1.54) is 4.90 Å². The van der Waals surface area contributed by atoms with Crippen molar-refractivity contribution in [1.29, 1.82) is 0 Å². The molecule has 0 aliphatic rings. The third-order valence-corrected chi connectivity index (χ3v) is 3.83. The third kappa shape index (κ3) is 6.13. The van der Waals surface area contributed by atoms with Crippen LogP contribution in [0.4, 0.5) is 0 Å². The van der Waals surface area contributed by atoms with Gasteiger partial charge in [0.05, 0.1) is 24.9 Å². The summed E-state index contributed by atoms with van der Waals surface area (Å²) in [4.78, 5) is 34.3. The van der Waals surface area contributed by atoms with E-state index >= 15 is 0 Å². The molecule has 0 unspecified atom stereocenters. The molecule has 8 nitrogen and oxygen atoms in total. The van der Waals surface area contributed by atoms with Crippen LogP contribution in [0.3, 0.4) is 0 Å². The minimum Gasteiger partial charge on any atom is -0.481 e. The van der Waals surface area contributed by atoms with Crippen LogP contribution in [0.25, 0.3) is 0 Å². The van der Waals surface area contributed by atoms with Gasteiger partial charge in [-0.3, -0.25) is 19.3 Å². The zero-order valence-electron chi connectivity index (χ0n) is 11.5. The fraction of sp³-hybridized carbons (Fsp3) is 0.727. The van der Waals surface area contributed by atoms with Crippen molar-refractivity contribution in [2.45, 2.75) is 30.8 Å². The van der Waals surface area contributed by atoms with Gasteiger partial charge in [-0.1, -0.05) is 6.04 Å². The first-order valence-electron chi connectivity index (χ1n) is 6.38. The summed E-state index contributed by atoms with van der Waals surface area (Å²) in [5, 5.41) is 26.9. The third-order valence-electron chi connectivity index (χ3n) is 3.12. The largest absolute Gasteiger partial charge is 0.481 e. The van der Waals surface area contributed by atoms with Crippen LogP contribution in [0.1, 0.15) is 19.3 Å². The Morgan fingerprint density at radius 1 is 1.05 bits per heavy atom. The topological polar surface area (TPSA) is 141 Å². The van der Waals surface area contributed by atoms with E-state index in [4.69, 9.17) is 21.1 Å². The summed E-state index contributed by atoms with van der Waals surface area (Å²) >= 11 is 0. The van der Waals surface area contributed by atoms with Crippen molar-refractivity contribution in [3.05, 3.63) is 0 Å². The van der Waals surface area contributed by atoms with Crippen LogP contribution >= 0.6 is 0 Å². The SMILES string of the molecule is NCC(CC(=O)O)(CC(=O)O)N(CCC[SiH3])CC(=O)O. The molecule has 0 aliphatic carbocycles. The van der Waals surface area contributed by atoms with E-state index in [0.717, 1.165) is 16.3 Å². The highest BCUT2D eigenvalue weighted by Gasteiger charge is 2.40. The second kappa shape index (κ2) is 8.66. The standard InChI is InChI=1S/C11H22N2O6Si/c12-7-11(4-8(14)15,5-9(16)17)13(2-1-3-20)6-10(18)19/h1-7,12H2,20H3,(H,14,15)(H,16,17)(H,18,19). The quantitative estimate of drug-likeness (QED) is 0.327. The summed E-state index contributed by atoms with van der Waals surface area (Å²) in [5.74, 6) is -3.53. The van der Waals surface area contributed by atoms with Gasteiger partial charge in [-0.25, -0.2) is 0 Å². The molecule has 0 radical (unpaired) electrons. The molecule has 0 amide bonds. The lowest BCUT2D eigenvalue weighted by molar-refractivity contribution is -0.150. The number of nitrogens with zero attached hydrogens (tertiary/aromatic N) is 1. The molecule has 0 rings (SSSR count). The molecule has 0 aromatic rings. The first-order valence-corrected chi connectivity index (χ1v) is 7.79. The van der Waals surface area contributed by atoms with E-state index in [2.05, 4.69) is 0 Å². The normalized spacial score (nSPS) is 11.7. The van der Waals surface area contributed by atoms with Gasteiger partial charge in [-0.15, -0.1) is 0 Å². The van der Waals surface area contributed by atoms with Crippen LogP contribution < -0.4 is 5.73 Å². The molecule has 0 atom stereocenters. The van der Waals surface area contributed by atoms with Crippen LogP contribution in [0, 0.1) is 0 Å². The molecule has 0 aliphatic heterocycles. The van der Waals surface area contributed by atoms with E-state index in [-0.39, 0.29) is 6.54 Å². The lowest BCUT2D eigenvalue weighted by atomic mass is 9.88. The molecule has 20 heavy (non-hydrogen) atoms. The zero-order valence-corrected chi connectivity index (χ0v) is 13.5. The molecular weight excluding hydrogens is 284 g/mol. The Morgan fingerprint density at radius 3 is 1.85 bits per heavy atom. The van der Waals surface area contributed by atoms with Crippen LogP contribution in [0.5, 0.6) is 0 Å². The Kier molecular flexibility index (Phi) is 8.04. The predicted octanol–water partition coefficient (Wildman–Crippen LogP) is -1.81. The number of aliphatic carboxylic acids is 3. The summed E-state index contributed by atoms with van der Waals surface area (Å²) < 4.78 is 0. The number of carboxylic acids is 3. The molecule has 0 aromatic heterocycles. The van der Waals surface area contributed by atoms with Crippen LogP contribution in [0.2, 0.25) is 6.04 Å². The van der Waals surface area contributed by atoms with E-state index < -0.39 is 42.8 Å². The highest BCUT2D eigenvalue weighted by Crippen LogP contribution is 2.24. The number of nitrogens with two attached hydrogens (primary N) is 1. The molecule has 0 fully saturated rings. The molecule has 116 valence electrons. The molecule has 0 saturated heterocycles. The number of carboxylic acid groups (broad SMARTS) is 3. The first-order chi connectivity index (χ1) is 9.27. The van der Waals surface area contributed by atoms with Gasteiger partial charge in [0.15, 0.2) is 0 Å². The maximum Gasteiger partial charge on any atom is 0.317 e. The Balaban J connectivity index is 5.37. The Hall–Kier alpha value is -1.45. The summed E-state index contributed by atoms with van der Waals surface area (Å²) in [6.45, 7) is -0.313. The average molecular weight is 306 g/mol. The van der Waals surface area contributed by atoms with E-state index in [1.54, 1.807) is 0 Å². The van der Waals surface area contributed by atoms with E-state index in [1.807, 2.05) is 0 Å². The molecule has 9 heteroatoms. The second-order valence-electron chi connectivity index (χ2n) is 4.74. The molecule has 0 bridgehead atoms. The predicted molar refractivity (Wildman–Crippen MR) is 74.9 cm³/mol. The van der Waals surface area contributed by atoms with Crippen molar-refractivity contribution in [1.82, 2.24) is 4.90 Å². The summed E-state index contributed by atoms with van der Waals surface area (Å²) in [6, 6.07) is 0.914. The smallest absolute Gasteiger partial charge is 0.317 e. The van der Waals surface area contributed by atoms with Gasteiger partial charge in [-0.2, -0.15) is 0 Å². The molecule has 0 saturated carbocycles. The van der Waals surface area contributed by atoms with Crippen molar-refractivity contribution < 1.29 is 29.7 Å². The Labute approximate surface area is 120 Å². The van der Waals surface area contributed by atoms with Crippen LogP contribution in [-0.4, -0.2) is 73.5 Å². The van der Waals surface area contributed by atoms with Crippen LogP contribution in [-0.2, 0) is 14.4 Å². The summed E-state index contributed by atoms with van der Waals surface area (Å²) in [7, 11) is 0.940. The molecule has 5 N–H and O–H groups in total. The van der Waals surface area contributed by atoms with Crippen molar-refractivity contribution in [3.63, 3.8) is 0 Å². The van der Waals surface area contributed by atoms with Gasteiger partial charge in [-0.05, 0) is 13.0 Å². The second-order valence-corrected chi connectivity index (χ2v) is 5.74. The number of rotatable bonds is 11. The lowest BCUT2D eigenvalue weighted by Crippen LogP contribution is -2.58. The summed E-state index contributed by atoms with van der Waals surface area (Å²) in [5.41, 5.74) is 4.23. The molecule has 0 aromatic carbocycles. The number of hydrogen-bond donors (Lipinski definition) is 4. The zero-order chi connectivity index (χ0) is 15.8. The van der Waals surface area contributed by atoms with E-state index in [0.29, 0.717) is 13.0 Å². The van der Waals surface area contributed by atoms with Crippen molar-refractivity contribution >= 4 is 28.2 Å². The fourth-order valence-corrected chi connectivity index (χ4v) is 2.43. The molecule has 0 spiro atoms. The minimum absolute atomic E-state index is 0.222. The monoisotopic (exact) mass is 306 g/mol. The maximum absolute atomic E-state index is 11.0. The fourth-order valence-electron chi connectivity index (χ4n) is 2.12. The average Bonchev–Trinajstić information content (AvgIpc) is 2.31. The van der Waals surface area contributed by atoms with Crippen molar-refractivity contribution in [2.75, 3.05) is 19.6 Å². The highest BCUT2D eigenvalue weighted by atomic mass is 28.1. The maximum atomic E-state index is 11.0. The van der Waals surface area contributed by atoms with Gasteiger partial charge in [0.25, 0.3) is 0 Å². The Morgan fingerprint density at radius 2 is 1.55 bits per heavy atom. The van der Waals surface area contributed by atoms with Crippen molar-refractivity contribution in [2.24, 2.45) is 5.73 Å². The van der Waals surface area contributed by atoms with Gasteiger partial charge in [0.2, 0.25) is 0 Å². The number of hydrogen-bond acceptors (Lipinski definition) is 5. The van der Waals surface area contributed by atoms with Gasteiger partial charge < -0.3 is 21.1 Å². The van der Waals surface area contributed by atoms with E-state index in [9.17, 15) is 14.4 Å². The van der Waals surface area contributed by atoms with Gasteiger partial charge in [0, 0.05) is 16.8 Å². The van der Waals surface area contributed by atoms with Gasteiger partial charge in [0.1, 0.15) is 0 Å². The van der Waals surface area contributed by atoms with Crippen molar-refractivity contribution in [3.8, 4) is 0 Å². The number of carbonyl (C=O) groups is 3. The minimum atomic E-state index is -1.37. The van der Waals surface area contributed by atoms with Gasteiger partial charge >= 0.3 is 17.9 Å². The Bertz CT molecular complexity index is 347. The van der Waals surface area contributed by atoms with Crippen LogP contribution in [0.15, 0.2) is 0 Å². The summed E-state index contributed by atoms with van der Waals surface area (Å²) in [6.07, 6.45) is -0.297. The molecule has 0 heterocycles. The highest BCUT2D eigenvalue weighted by molar-refractivity contribution is 6.08. The molecular formula is C11H22N2O6Si. The lowest BCUT2D eigenvalue weighted by Gasteiger charge is -2.40. The first kappa shape index (κ1) is 18.5.